The summed E-state index contributed by atoms with van der Waals surface area (Å²) in [5.74, 6) is 0. The van der Waals surface area contributed by atoms with Crippen molar-refractivity contribution in [3.05, 3.63) is 192 Å². The largest absolute Gasteiger partial charge is 0.308 e. The molecule has 2 aromatic heterocycles. The Balaban J connectivity index is 1.35. The Morgan fingerprint density at radius 3 is 1.31 bits per heavy atom. The second-order valence-corrected chi connectivity index (χ2v) is 14.2. The lowest BCUT2D eigenvalue weighted by atomic mass is 9.98. The van der Waals surface area contributed by atoms with Gasteiger partial charge in [-0.25, -0.2) is 0 Å². The van der Waals surface area contributed by atoms with Crippen LogP contribution in [-0.4, -0.2) is 9.13 Å². The number of fused-ring (bicyclic) bond motifs is 6. The number of hydrogen-bond acceptors (Lipinski definition) is 4. The van der Waals surface area contributed by atoms with Gasteiger partial charge < -0.3 is 9.13 Å². The van der Waals surface area contributed by atoms with E-state index in [2.05, 4.69) is 94.1 Å². The molecule has 0 saturated heterocycles. The van der Waals surface area contributed by atoms with Gasteiger partial charge in [-0.3, -0.25) is 0 Å². The minimum Gasteiger partial charge on any atom is -0.308 e. The molecule has 0 spiro atoms. The van der Waals surface area contributed by atoms with Crippen molar-refractivity contribution in [3.8, 4) is 69.0 Å². The fourth-order valence-electron chi connectivity index (χ4n) is 8.47. The van der Waals surface area contributed by atoms with Gasteiger partial charge in [-0.2, -0.15) is 21.0 Å². The van der Waals surface area contributed by atoms with Crippen molar-refractivity contribution in [1.82, 2.24) is 9.13 Å². The van der Waals surface area contributed by atoms with Gasteiger partial charge in [0, 0.05) is 21.5 Å². The minimum atomic E-state index is 0.455. The molecule has 6 heteroatoms. The van der Waals surface area contributed by atoms with Gasteiger partial charge in [-0.1, -0.05) is 109 Å². The number of nitriles is 4. The topological polar surface area (TPSA) is 105 Å². The van der Waals surface area contributed by atoms with Gasteiger partial charge in [0.1, 0.15) is 11.6 Å². The third-order valence-corrected chi connectivity index (χ3v) is 11.1. The van der Waals surface area contributed by atoms with E-state index in [1.165, 1.54) is 0 Å². The molecule has 6 nitrogen and oxygen atoms in total. The van der Waals surface area contributed by atoms with E-state index in [9.17, 15) is 21.0 Å². The van der Waals surface area contributed by atoms with Crippen molar-refractivity contribution in [2.75, 3.05) is 0 Å². The van der Waals surface area contributed by atoms with Crippen molar-refractivity contribution in [3.63, 3.8) is 0 Å². The molecule has 0 amide bonds. The van der Waals surface area contributed by atoms with Crippen molar-refractivity contribution >= 4 is 43.6 Å². The van der Waals surface area contributed by atoms with Gasteiger partial charge in [0.05, 0.1) is 68.3 Å². The molecule has 0 bridgehead atoms. The SMILES string of the molecule is N#Cc1cccc(-c2cc(-n3c4ccccc4c4ccc(-c5ccccc5C#N)cc43)c(C#N)c(-n3c4ccccc4c4ccc(-c5ccccc5C#N)cc43)c2)c1. The molecule has 58 heavy (non-hydrogen) atoms. The first-order chi connectivity index (χ1) is 28.6. The first kappa shape index (κ1) is 33.9. The maximum atomic E-state index is 11.4. The summed E-state index contributed by atoms with van der Waals surface area (Å²) in [6.45, 7) is 0. The number of benzene rings is 8. The lowest BCUT2D eigenvalue weighted by Crippen LogP contribution is -2.05. The van der Waals surface area contributed by atoms with E-state index in [-0.39, 0.29) is 0 Å². The molecule has 0 aliphatic carbocycles. The molecule has 2 heterocycles. The molecule has 0 N–H and O–H groups in total. The van der Waals surface area contributed by atoms with E-state index in [0.29, 0.717) is 33.6 Å². The van der Waals surface area contributed by atoms with E-state index in [0.717, 1.165) is 77.0 Å². The summed E-state index contributed by atoms with van der Waals surface area (Å²) >= 11 is 0. The lowest BCUT2D eigenvalue weighted by Gasteiger charge is -2.19. The molecule has 10 rings (SSSR count). The highest BCUT2D eigenvalue weighted by Crippen LogP contribution is 2.42. The summed E-state index contributed by atoms with van der Waals surface area (Å²) < 4.78 is 4.32. The Kier molecular flexibility index (Phi) is 7.92. The highest BCUT2D eigenvalue weighted by molar-refractivity contribution is 6.12. The molecule has 10 aromatic rings. The van der Waals surface area contributed by atoms with Crippen LogP contribution in [0.25, 0.3) is 88.4 Å². The second kappa shape index (κ2) is 13.6. The average molecular weight is 737 g/mol. The number of rotatable bonds is 5. The van der Waals surface area contributed by atoms with Crippen molar-refractivity contribution in [1.29, 1.82) is 21.0 Å². The molecule has 0 radical (unpaired) electrons. The molecular formula is C52H28N6. The second-order valence-electron chi connectivity index (χ2n) is 14.2. The zero-order valence-corrected chi connectivity index (χ0v) is 30.8. The molecule has 8 aromatic carbocycles. The van der Waals surface area contributed by atoms with E-state index < -0.39 is 0 Å². The van der Waals surface area contributed by atoms with Crippen LogP contribution in [0.3, 0.4) is 0 Å². The summed E-state index contributed by atoms with van der Waals surface area (Å²) in [6.07, 6.45) is 0. The molecule has 0 aliphatic heterocycles. The van der Waals surface area contributed by atoms with Crippen LogP contribution >= 0.6 is 0 Å². The summed E-state index contributed by atoms with van der Waals surface area (Å²) in [6, 6.07) is 65.3. The van der Waals surface area contributed by atoms with Crippen molar-refractivity contribution in [2.24, 2.45) is 0 Å². The molecule has 0 unspecified atom stereocenters. The summed E-state index contributed by atoms with van der Waals surface area (Å²) in [5.41, 5.74) is 12.2. The fourth-order valence-corrected chi connectivity index (χ4v) is 8.47. The summed E-state index contributed by atoms with van der Waals surface area (Å²) in [7, 11) is 0. The molecule has 0 atom stereocenters. The van der Waals surface area contributed by atoms with Crippen molar-refractivity contribution in [2.45, 2.75) is 0 Å². The first-order valence-corrected chi connectivity index (χ1v) is 18.7. The van der Waals surface area contributed by atoms with E-state index in [4.69, 9.17) is 0 Å². The van der Waals surface area contributed by atoms with E-state index >= 15 is 0 Å². The number of nitrogens with zero attached hydrogens (tertiary/aromatic N) is 6. The van der Waals surface area contributed by atoms with Gasteiger partial charge in [0.15, 0.2) is 0 Å². The van der Waals surface area contributed by atoms with E-state index in [1.807, 2.05) is 103 Å². The van der Waals surface area contributed by atoms with Gasteiger partial charge >= 0.3 is 0 Å². The summed E-state index contributed by atoms with van der Waals surface area (Å²) in [5, 5.41) is 45.5. The number of para-hydroxylation sites is 2. The Morgan fingerprint density at radius 2 is 0.810 bits per heavy atom. The van der Waals surface area contributed by atoms with Gasteiger partial charge in [0.25, 0.3) is 0 Å². The maximum Gasteiger partial charge on any atom is 0.104 e. The monoisotopic (exact) mass is 736 g/mol. The zero-order chi connectivity index (χ0) is 39.3. The summed E-state index contributed by atoms with van der Waals surface area (Å²) in [4.78, 5) is 0. The molecule has 0 aliphatic rings. The Bertz CT molecular complexity index is 3320. The van der Waals surface area contributed by atoms with Crippen LogP contribution in [0.4, 0.5) is 0 Å². The van der Waals surface area contributed by atoms with Crippen LogP contribution in [-0.2, 0) is 0 Å². The third-order valence-electron chi connectivity index (χ3n) is 11.1. The molecular weight excluding hydrogens is 709 g/mol. The van der Waals surface area contributed by atoms with Gasteiger partial charge in [-0.15, -0.1) is 0 Å². The quantitative estimate of drug-likeness (QED) is 0.175. The number of hydrogen-bond donors (Lipinski definition) is 0. The standard InChI is InChI=1S/C52H28N6/c53-29-33-10-9-13-34(24-33)39-27-51(57-47-18-7-5-16-42(47)44-22-20-35(25-49(44)57)40-14-3-1-11-37(40)30-54)46(32-56)52(28-39)58-48-19-8-6-17-43(48)45-23-21-36(26-50(45)58)41-15-4-2-12-38(41)31-55/h1-28H. The Hall–Kier alpha value is -8.68. The van der Waals surface area contributed by atoms with Crippen molar-refractivity contribution < 1.29 is 0 Å². The van der Waals surface area contributed by atoms with Crippen LogP contribution in [0, 0.1) is 45.3 Å². The van der Waals surface area contributed by atoms with Crippen LogP contribution in [0.5, 0.6) is 0 Å². The third kappa shape index (κ3) is 5.23. The maximum absolute atomic E-state index is 11.4. The normalized spacial score (nSPS) is 11.0. The lowest BCUT2D eigenvalue weighted by molar-refractivity contribution is 1.12. The molecule has 0 fully saturated rings. The van der Waals surface area contributed by atoms with E-state index in [1.54, 1.807) is 6.07 Å². The Labute approximate surface area is 333 Å². The zero-order valence-electron chi connectivity index (χ0n) is 30.8. The van der Waals surface area contributed by atoms with Crippen LogP contribution in [0.15, 0.2) is 170 Å². The predicted octanol–water partition coefficient (Wildman–Crippen LogP) is 12.4. The highest BCUT2D eigenvalue weighted by Gasteiger charge is 2.23. The average Bonchev–Trinajstić information content (AvgIpc) is 3.80. The van der Waals surface area contributed by atoms with Crippen LogP contribution in [0.2, 0.25) is 0 Å². The minimum absolute atomic E-state index is 0.455. The number of aromatic nitrogens is 2. The molecule has 266 valence electrons. The first-order valence-electron chi connectivity index (χ1n) is 18.7. The van der Waals surface area contributed by atoms with Crippen LogP contribution in [0.1, 0.15) is 22.3 Å². The van der Waals surface area contributed by atoms with Crippen LogP contribution < -0.4 is 0 Å². The fraction of sp³-hybridized carbons (Fsp3) is 0. The molecule has 0 saturated carbocycles. The van der Waals surface area contributed by atoms with Gasteiger partial charge in [-0.05, 0) is 94.0 Å². The Morgan fingerprint density at radius 1 is 0.328 bits per heavy atom. The highest BCUT2D eigenvalue weighted by atomic mass is 15.0. The van der Waals surface area contributed by atoms with Gasteiger partial charge in [0.2, 0.25) is 0 Å². The predicted molar refractivity (Wildman–Crippen MR) is 230 cm³/mol. The smallest absolute Gasteiger partial charge is 0.104 e.